The molecule has 0 saturated carbocycles. The van der Waals surface area contributed by atoms with Gasteiger partial charge in [0.1, 0.15) is 11.3 Å². The highest BCUT2D eigenvalue weighted by molar-refractivity contribution is 6.05. The molecule has 0 atom stereocenters. The van der Waals surface area contributed by atoms with Gasteiger partial charge in [-0.1, -0.05) is 6.07 Å². The molecule has 3 aromatic rings. The molecule has 3 rings (SSSR count). The highest BCUT2D eigenvalue weighted by atomic mass is 16.4. The Kier molecular flexibility index (Phi) is 2.33. The molecule has 0 aliphatic rings. The molecule has 0 radical (unpaired) electrons. The molecule has 6 heteroatoms. The first kappa shape index (κ1) is 10.5. The Hall–Kier alpha value is -2.63. The molecule has 0 saturated heterocycles. The van der Waals surface area contributed by atoms with Crippen LogP contribution in [0.5, 0.6) is 0 Å². The van der Waals surface area contributed by atoms with Crippen LogP contribution in [0.3, 0.4) is 0 Å². The third-order valence-electron chi connectivity index (χ3n) is 2.51. The maximum Gasteiger partial charge on any atom is 0.311 e. The lowest BCUT2D eigenvalue weighted by Gasteiger charge is -2.02. The first-order valence-corrected chi connectivity index (χ1v) is 5.40. The van der Waals surface area contributed by atoms with Gasteiger partial charge in [0, 0.05) is 0 Å². The quantitative estimate of drug-likeness (QED) is 0.720. The van der Waals surface area contributed by atoms with Crippen molar-refractivity contribution in [3.8, 4) is 0 Å². The van der Waals surface area contributed by atoms with E-state index in [-0.39, 0.29) is 5.89 Å². The van der Waals surface area contributed by atoms with Crippen molar-refractivity contribution in [3.05, 3.63) is 42.4 Å². The predicted octanol–water partition coefficient (Wildman–Crippen LogP) is 2.11. The van der Waals surface area contributed by atoms with Crippen LogP contribution in [0.2, 0.25) is 0 Å². The average molecular weight is 242 g/mol. The second-order valence-electron chi connectivity index (χ2n) is 3.83. The lowest BCUT2D eigenvalue weighted by Crippen LogP contribution is -2.12. The van der Waals surface area contributed by atoms with Gasteiger partial charge in [0.05, 0.1) is 23.7 Å². The van der Waals surface area contributed by atoms with Crippen molar-refractivity contribution >= 4 is 22.6 Å². The van der Waals surface area contributed by atoms with E-state index < -0.39 is 5.91 Å². The Morgan fingerprint density at radius 3 is 3.06 bits per heavy atom. The van der Waals surface area contributed by atoms with Gasteiger partial charge in [0.15, 0.2) is 0 Å². The maximum atomic E-state index is 11.9. The predicted molar refractivity (Wildman–Crippen MR) is 65.3 cm³/mol. The van der Waals surface area contributed by atoms with Crippen LogP contribution in [0, 0.1) is 6.92 Å². The van der Waals surface area contributed by atoms with Gasteiger partial charge in [-0.25, -0.2) is 9.97 Å². The number of hydrogen-bond acceptors (Lipinski definition) is 4. The number of hydrogen-bond donors (Lipinski definition) is 2. The fourth-order valence-corrected chi connectivity index (χ4v) is 1.70. The van der Waals surface area contributed by atoms with Crippen LogP contribution < -0.4 is 5.32 Å². The number of para-hydroxylation sites is 1. The van der Waals surface area contributed by atoms with Crippen molar-refractivity contribution in [2.75, 3.05) is 5.32 Å². The molecule has 2 aromatic heterocycles. The topological polar surface area (TPSA) is 83.8 Å². The van der Waals surface area contributed by atoms with Gasteiger partial charge in [-0.05, 0) is 19.1 Å². The first-order valence-electron chi connectivity index (χ1n) is 5.40. The number of H-pyrrole nitrogens is 1. The van der Waals surface area contributed by atoms with E-state index in [9.17, 15) is 4.79 Å². The van der Waals surface area contributed by atoms with E-state index >= 15 is 0 Å². The third-order valence-corrected chi connectivity index (χ3v) is 2.51. The number of imidazole rings is 1. The molecule has 0 fully saturated rings. The molecule has 0 aliphatic heterocycles. The summed E-state index contributed by atoms with van der Waals surface area (Å²) in [5, 5.41) is 2.72. The van der Waals surface area contributed by atoms with Gasteiger partial charge in [-0.2, -0.15) is 0 Å². The van der Waals surface area contributed by atoms with Crippen LogP contribution in [-0.2, 0) is 0 Å². The number of amides is 1. The Balaban J connectivity index is 1.92. The second kappa shape index (κ2) is 3.99. The zero-order valence-electron chi connectivity index (χ0n) is 9.60. The molecule has 18 heavy (non-hydrogen) atoms. The number of benzene rings is 1. The van der Waals surface area contributed by atoms with Gasteiger partial charge in [0.2, 0.25) is 0 Å². The highest BCUT2D eigenvalue weighted by Gasteiger charge is 2.14. The van der Waals surface area contributed by atoms with Gasteiger partial charge in [-0.15, -0.1) is 0 Å². The van der Waals surface area contributed by atoms with Gasteiger partial charge >= 0.3 is 5.91 Å². The van der Waals surface area contributed by atoms with Crippen LogP contribution in [0.1, 0.15) is 16.4 Å². The number of aryl methyl sites for hydroxylation is 1. The fourth-order valence-electron chi connectivity index (χ4n) is 1.70. The Labute approximate surface area is 102 Å². The summed E-state index contributed by atoms with van der Waals surface area (Å²) in [5.41, 5.74) is 2.18. The molecule has 90 valence electrons. The molecule has 0 spiro atoms. The standard InChI is InChI=1S/C12H10N4O2/c1-7-5-13-12(18-7)11(17)16-9-4-2-3-8-10(9)15-6-14-8/h2-6H,1H3,(H,14,15)(H,16,17). The summed E-state index contributed by atoms with van der Waals surface area (Å²) in [6.45, 7) is 1.73. The van der Waals surface area contributed by atoms with Crippen molar-refractivity contribution in [1.29, 1.82) is 0 Å². The van der Waals surface area contributed by atoms with Crippen LogP contribution >= 0.6 is 0 Å². The number of fused-ring (bicyclic) bond motifs is 1. The number of nitrogens with one attached hydrogen (secondary N) is 2. The van der Waals surface area contributed by atoms with E-state index in [4.69, 9.17) is 4.42 Å². The van der Waals surface area contributed by atoms with Crippen LogP contribution in [0.25, 0.3) is 11.0 Å². The summed E-state index contributed by atoms with van der Waals surface area (Å²) in [7, 11) is 0. The van der Waals surface area contributed by atoms with Crippen molar-refractivity contribution < 1.29 is 9.21 Å². The number of aromatic amines is 1. The fraction of sp³-hybridized carbons (Fsp3) is 0.0833. The van der Waals surface area contributed by atoms with Crippen molar-refractivity contribution in [3.63, 3.8) is 0 Å². The summed E-state index contributed by atoms with van der Waals surface area (Å²) in [6.07, 6.45) is 3.08. The van der Waals surface area contributed by atoms with E-state index in [1.54, 1.807) is 19.3 Å². The smallest absolute Gasteiger partial charge is 0.311 e. The Morgan fingerprint density at radius 1 is 1.39 bits per heavy atom. The van der Waals surface area contributed by atoms with Crippen molar-refractivity contribution in [2.45, 2.75) is 6.92 Å². The normalized spacial score (nSPS) is 10.7. The molecular formula is C12H10N4O2. The zero-order valence-corrected chi connectivity index (χ0v) is 9.60. The lowest BCUT2D eigenvalue weighted by molar-refractivity contribution is 0.0989. The molecule has 1 aromatic carbocycles. The van der Waals surface area contributed by atoms with Crippen LogP contribution in [0.4, 0.5) is 5.69 Å². The van der Waals surface area contributed by atoms with Crippen molar-refractivity contribution in [1.82, 2.24) is 15.0 Å². The molecule has 1 amide bonds. The SMILES string of the molecule is Cc1cnc(C(=O)Nc2cccc3[nH]cnc23)o1. The third kappa shape index (κ3) is 1.73. The highest BCUT2D eigenvalue weighted by Crippen LogP contribution is 2.20. The van der Waals surface area contributed by atoms with E-state index in [0.717, 1.165) is 5.52 Å². The summed E-state index contributed by atoms with van der Waals surface area (Å²) in [5.74, 6) is 0.247. The minimum atomic E-state index is -0.390. The first-order chi connectivity index (χ1) is 8.74. The number of carbonyl (C=O) groups excluding carboxylic acids is 1. The van der Waals surface area contributed by atoms with Gasteiger partial charge in [0.25, 0.3) is 5.89 Å². The largest absolute Gasteiger partial charge is 0.438 e. The summed E-state index contributed by atoms with van der Waals surface area (Å²) in [6, 6.07) is 5.49. The maximum absolute atomic E-state index is 11.9. The zero-order chi connectivity index (χ0) is 12.5. The average Bonchev–Trinajstić information content (AvgIpc) is 2.97. The number of nitrogens with zero attached hydrogens (tertiary/aromatic N) is 2. The monoisotopic (exact) mass is 242 g/mol. The number of aromatic nitrogens is 3. The molecule has 0 aliphatic carbocycles. The molecule has 0 bridgehead atoms. The lowest BCUT2D eigenvalue weighted by atomic mass is 10.2. The minimum absolute atomic E-state index is 0.0417. The molecule has 2 N–H and O–H groups in total. The molecular weight excluding hydrogens is 232 g/mol. The van der Waals surface area contributed by atoms with E-state index in [2.05, 4.69) is 20.3 Å². The Bertz CT molecular complexity index is 714. The van der Waals surface area contributed by atoms with Crippen LogP contribution in [-0.4, -0.2) is 20.9 Å². The Morgan fingerprint density at radius 2 is 2.28 bits per heavy atom. The van der Waals surface area contributed by atoms with Crippen LogP contribution in [0.15, 0.2) is 35.1 Å². The number of carbonyl (C=O) groups is 1. The molecule has 6 nitrogen and oxygen atoms in total. The number of anilines is 1. The number of rotatable bonds is 2. The summed E-state index contributed by atoms with van der Waals surface area (Å²) < 4.78 is 5.16. The summed E-state index contributed by atoms with van der Waals surface area (Å²) in [4.78, 5) is 22.9. The summed E-state index contributed by atoms with van der Waals surface area (Å²) >= 11 is 0. The van der Waals surface area contributed by atoms with Gasteiger partial charge in [-0.3, -0.25) is 4.79 Å². The molecule has 0 unspecified atom stereocenters. The van der Waals surface area contributed by atoms with E-state index in [0.29, 0.717) is 17.0 Å². The second-order valence-corrected chi connectivity index (χ2v) is 3.83. The number of oxazole rings is 1. The molecule has 2 heterocycles. The van der Waals surface area contributed by atoms with Gasteiger partial charge < -0.3 is 14.7 Å². The van der Waals surface area contributed by atoms with E-state index in [1.165, 1.54) is 6.20 Å². The van der Waals surface area contributed by atoms with E-state index in [1.807, 2.05) is 12.1 Å². The minimum Gasteiger partial charge on any atom is -0.438 e. The van der Waals surface area contributed by atoms with Crippen molar-refractivity contribution in [2.24, 2.45) is 0 Å².